The number of benzene rings is 2. The Morgan fingerprint density at radius 3 is 2.36 bits per heavy atom. The summed E-state index contributed by atoms with van der Waals surface area (Å²) in [5.41, 5.74) is 0.954. The van der Waals surface area contributed by atoms with Crippen LogP contribution in [-0.4, -0.2) is 57.3 Å². The van der Waals surface area contributed by atoms with Gasteiger partial charge in [0, 0.05) is 47.7 Å². The van der Waals surface area contributed by atoms with Crippen molar-refractivity contribution in [3.8, 4) is 11.5 Å². The minimum atomic E-state index is -3.65. The molecule has 9 nitrogen and oxygen atoms in total. The Kier molecular flexibility index (Phi) is 10.7. The monoisotopic (exact) mass is 599 g/mol. The topological polar surface area (TPSA) is 105 Å². The third-order valence-electron chi connectivity index (χ3n) is 6.26. The molecule has 2 amide bonds. The number of halogens is 2. The Bertz CT molecular complexity index is 1270. The largest absolute Gasteiger partial charge is 0.454 e. The number of anilines is 1. The van der Waals surface area contributed by atoms with Crippen LogP contribution in [0.3, 0.4) is 0 Å². The van der Waals surface area contributed by atoms with Crippen molar-refractivity contribution in [1.82, 2.24) is 10.2 Å². The summed E-state index contributed by atoms with van der Waals surface area (Å²) in [7, 11) is -3.65. The molecular formula is C27H35Cl2N3O6S. The molecule has 0 unspecified atom stereocenters. The highest BCUT2D eigenvalue weighted by Crippen LogP contribution is 2.36. The summed E-state index contributed by atoms with van der Waals surface area (Å²) in [6.07, 6.45) is 1.71. The van der Waals surface area contributed by atoms with Gasteiger partial charge in [-0.1, -0.05) is 50.0 Å². The second-order valence-electron chi connectivity index (χ2n) is 9.76. The highest BCUT2D eigenvalue weighted by molar-refractivity contribution is 7.92. The van der Waals surface area contributed by atoms with Gasteiger partial charge in [0.05, 0.1) is 11.9 Å². The van der Waals surface area contributed by atoms with E-state index >= 15 is 0 Å². The van der Waals surface area contributed by atoms with Gasteiger partial charge >= 0.3 is 0 Å². The van der Waals surface area contributed by atoms with Crippen molar-refractivity contribution in [1.29, 1.82) is 0 Å². The quantitative estimate of drug-likeness (QED) is 0.353. The van der Waals surface area contributed by atoms with Gasteiger partial charge in [0.1, 0.15) is 6.04 Å². The summed E-state index contributed by atoms with van der Waals surface area (Å²) in [5, 5.41) is 3.70. The molecule has 12 heteroatoms. The fourth-order valence-corrected chi connectivity index (χ4v) is 5.71. The molecule has 3 rings (SSSR count). The summed E-state index contributed by atoms with van der Waals surface area (Å²) in [6.45, 7) is 6.45. The number of ether oxygens (including phenoxy) is 2. The first-order valence-corrected chi connectivity index (χ1v) is 15.4. The van der Waals surface area contributed by atoms with Crippen LogP contribution in [0.25, 0.3) is 0 Å². The number of carbonyl (C=O) groups excluding carboxylic acids is 2. The van der Waals surface area contributed by atoms with Crippen molar-refractivity contribution in [3.63, 3.8) is 0 Å². The van der Waals surface area contributed by atoms with Crippen LogP contribution in [0.15, 0.2) is 36.4 Å². The van der Waals surface area contributed by atoms with E-state index < -0.39 is 16.1 Å². The van der Waals surface area contributed by atoms with Crippen LogP contribution >= 0.6 is 23.2 Å². The number of nitrogens with zero attached hydrogens (tertiary/aromatic N) is 2. The van der Waals surface area contributed by atoms with Gasteiger partial charge in [-0.2, -0.15) is 0 Å². The molecule has 1 aliphatic heterocycles. The van der Waals surface area contributed by atoms with Crippen molar-refractivity contribution in [2.24, 2.45) is 5.92 Å². The minimum absolute atomic E-state index is 0.00655. The zero-order valence-electron chi connectivity index (χ0n) is 22.6. The summed E-state index contributed by atoms with van der Waals surface area (Å²) < 4.78 is 37.1. The molecule has 214 valence electrons. The Morgan fingerprint density at radius 1 is 1.08 bits per heavy atom. The van der Waals surface area contributed by atoms with Crippen LogP contribution in [0, 0.1) is 5.92 Å². The van der Waals surface area contributed by atoms with Gasteiger partial charge in [0.15, 0.2) is 11.5 Å². The van der Waals surface area contributed by atoms with Crippen LogP contribution in [-0.2, 0) is 26.2 Å². The third kappa shape index (κ3) is 8.16. The van der Waals surface area contributed by atoms with E-state index in [4.69, 9.17) is 32.7 Å². The van der Waals surface area contributed by atoms with E-state index in [1.807, 2.05) is 20.8 Å². The van der Waals surface area contributed by atoms with Gasteiger partial charge in [-0.3, -0.25) is 13.9 Å². The maximum atomic E-state index is 13.6. The fourth-order valence-electron chi connectivity index (χ4n) is 4.24. The molecule has 0 saturated heterocycles. The summed E-state index contributed by atoms with van der Waals surface area (Å²) in [5.74, 6) is 0.667. The number of carbonyl (C=O) groups is 2. The van der Waals surface area contributed by atoms with E-state index in [2.05, 4.69) is 5.32 Å². The Morgan fingerprint density at radius 2 is 1.74 bits per heavy atom. The Hall–Kier alpha value is -2.69. The van der Waals surface area contributed by atoms with E-state index in [9.17, 15) is 18.0 Å². The number of hydrogen-bond acceptors (Lipinski definition) is 6. The zero-order valence-corrected chi connectivity index (χ0v) is 24.9. The van der Waals surface area contributed by atoms with Crippen molar-refractivity contribution in [2.75, 3.05) is 30.4 Å². The van der Waals surface area contributed by atoms with Crippen LogP contribution in [0.2, 0.25) is 10.0 Å². The predicted molar refractivity (Wildman–Crippen MR) is 153 cm³/mol. The van der Waals surface area contributed by atoms with Crippen LogP contribution in [0.1, 0.15) is 45.6 Å². The van der Waals surface area contributed by atoms with Crippen molar-refractivity contribution in [3.05, 3.63) is 52.0 Å². The van der Waals surface area contributed by atoms with E-state index in [0.29, 0.717) is 45.8 Å². The number of fused-ring (bicyclic) bond motifs is 1. The summed E-state index contributed by atoms with van der Waals surface area (Å²) in [4.78, 5) is 28.2. The predicted octanol–water partition coefficient (Wildman–Crippen LogP) is 4.85. The molecule has 0 radical (unpaired) electrons. The first kappa shape index (κ1) is 30.8. The lowest BCUT2D eigenvalue weighted by Gasteiger charge is -2.32. The molecule has 0 fully saturated rings. The molecule has 0 aromatic heterocycles. The highest BCUT2D eigenvalue weighted by atomic mass is 35.5. The fraction of sp³-hybridized carbons (Fsp3) is 0.481. The van der Waals surface area contributed by atoms with Crippen LogP contribution in [0.4, 0.5) is 5.69 Å². The standard InChI is InChI=1S/C27H35Cl2N3O6S/c1-5-23(27(34)30-15-18(2)3)31(16-20-21(28)8-6-9-22(20)29)26(33)10-7-13-32(39(4,35)36)19-11-12-24-25(14-19)38-17-37-24/h6,8-9,11-12,14,18,23H,5,7,10,13,15-17H2,1-4H3,(H,30,34)/t23-/m0/s1. The van der Waals surface area contributed by atoms with E-state index in [-0.39, 0.29) is 50.5 Å². The maximum absolute atomic E-state index is 13.6. The zero-order chi connectivity index (χ0) is 28.7. The summed E-state index contributed by atoms with van der Waals surface area (Å²) in [6, 6.07) is 9.21. The van der Waals surface area contributed by atoms with Gasteiger partial charge in [-0.15, -0.1) is 0 Å². The first-order chi connectivity index (χ1) is 18.4. The maximum Gasteiger partial charge on any atom is 0.242 e. The number of nitrogens with one attached hydrogen (secondary N) is 1. The number of sulfonamides is 1. The lowest BCUT2D eigenvalue weighted by atomic mass is 10.1. The molecule has 1 heterocycles. The molecular weight excluding hydrogens is 565 g/mol. The highest BCUT2D eigenvalue weighted by Gasteiger charge is 2.30. The number of hydrogen-bond donors (Lipinski definition) is 1. The average Bonchev–Trinajstić information content (AvgIpc) is 3.34. The van der Waals surface area contributed by atoms with Gasteiger partial charge in [0.25, 0.3) is 0 Å². The van der Waals surface area contributed by atoms with Crippen molar-refractivity contribution >= 4 is 50.7 Å². The van der Waals surface area contributed by atoms with Crippen molar-refractivity contribution < 1.29 is 27.5 Å². The second kappa shape index (κ2) is 13.6. The molecule has 0 aliphatic carbocycles. The van der Waals surface area contributed by atoms with Gasteiger partial charge < -0.3 is 19.7 Å². The number of rotatable bonds is 13. The molecule has 1 N–H and O–H groups in total. The molecule has 39 heavy (non-hydrogen) atoms. The molecule has 2 aromatic rings. The van der Waals surface area contributed by atoms with Gasteiger partial charge in [-0.25, -0.2) is 8.42 Å². The van der Waals surface area contributed by atoms with Crippen molar-refractivity contribution in [2.45, 2.75) is 52.6 Å². The molecule has 1 aliphatic rings. The van der Waals surface area contributed by atoms with Crippen LogP contribution in [0.5, 0.6) is 11.5 Å². The molecule has 2 aromatic carbocycles. The Labute approximate surface area is 240 Å². The normalized spacial score (nSPS) is 13.3. The molecule has 0 bridgehead atoms. The summed E-state index contributed by atoms with van der Waals surface area (Å²) >= 11 is 12.8. The van der Waals surface area contributed by atoms with Gasteiger partial charge in [-0.05, 0) is 43.0 Å². The SMILES string of the molecule is CC[C@@H](C(=O)NCC(C)C)N(Cc1c(Cl)cccc1Cl)C(=O)CCCN(c1ccc2c(c1)OCO2)S(C)(=O)=O. The van der Waals surface area contributed by atoms with E-state index in [1.54, 1.807) is 36.4 Å². The molecule has 0 saturated carbocycles. The lowest BCUT2D eigenvalue weighted by Crippen LogP contribution is -2.49. The molecule has 0 spiro atoms. The third-order valence-corrected chi connectivity index (χ3v) is 8.16. The second-order valence-corrected chi connectivity index (χ2v) is 12.5. The average molecular weight is 601 g/mol. The minimum Gasteiger partial charge on any atom is -0.454 e. The number of amides is 2. The smallest absolute Gasteiger partial charge is 0.242 e. The van der Waals surface area contributed by atoms with E-state index in [1.165, 1.54) is 9.21 Å². The van der Waals surface area contributed by atoms with Gasteiger partial charge in [0.2, 0.25) is 28.6 Å². The van der Waals surface area contributed by atoms with Crippen LogP contribution < -0.4 is 19.1 Å². The van der Waals surface area contributed by atoms with E-state index in [0.717, 1.165) is 6.26 Å². The Balaban J connectivity index is 1.80. The lowest BCUT2D eigenvalue weighted by molar-refractivity contribution is -0.141. The first-order valence-electron chi connectivity index (χ1n) is 12.8. The molecule has 1 atom stereocenters.